The van der Waals surface area contributed by atoms with Gasteiger partial charge in [0.1, 0.15) is 11.9 Å². The summed E-state index contributed by atoms with van der Waals surface area (Å²) in [6, 6.07) is 13.6. The summed E-state index contributed by atoms with van der Waals surface area (Å²) >= 11 is 0. The van der Waals surface area contributed by atoms with Crippen molar-refractivity contribution in [1.82, 2.24) is 19.6 Å². The van der Waals surface area contributed by atoms with Gasteiger partial charge in [0, 0.05) is 26.2 Å². The predicted molar refractivity (Wildman–Crippen MR) is 152 cm³/mol. The topological polar surface area (TPSA) is 133 Å². The first-order chi connectivity index (χ1) is 18.9. The van der Waals surface area contributed by atoms with Crippen LogP contribution in [-0.2, 0) is 33.2 Å². The van der Waals surface area contributed by atoms with Gasteiger partial charge in [-0.05, 0) is 40.7 Å². The molecule has 11 heteroatoms. The molecule has 1 amide bonds. The zero-order valence-electron chi connectivity index (χ0n) is 23.2. The lowest BCUT2D eigenvalue weighted by Gasteiger charge is -2.40. The number of hydrogen-bond acceptors (Lipinski definition) is 7. The third kappa shape index (κ3) is 6.48. The van der Waals surface area contributed by atoms with E-state index in [9.17, 15) is 18.0 Å². The van der Waals surface area contributed by atoms with Gasteiger partial charge in [0.25, 0.3) is 0 Å². The van der Waals surface area contributed by atoms with E-state index in [4.69, 9.17) is 5.11 Å². The van der Waals surface area contributed by atoms with Crippen LogP contribution in [0.25, 0.3) is 0 Å². The number of aromatic nitrogens is 2. The van der Waals surface area contributed by atoms with Crippen molar-refractivity contribution in [1.29, 1.82) is 0 Å². The second kappa shape index (κ2) is 11.7. The maximum atomic E-state index is 13.8. The summed E-state index contributed by atoms with van der Waals surface area (Å²) in [5.74, 6) is -1.27. The Morgan fingerprint density at radius 1 is 0.975 bits per heavy atom. The van der Waals surface area contributed by atoms with Crippen molar-refractivity contribution in [3.63, 3.8) is 0 Å². The number of piperazine rings is 1. The number of carboxylic acid groups (broad SMARTS) is 1. The summed E-state index contributed by atoms with van der Waals surface area (Å²) in [5.41, 5.74) is 2.75. The first-order valence-electron chi connectivity index (χ1n) is 13.2. The van der Waals surface area contributed by atoms with Crippen molar-refractivity contribution < 1.29 is 23.1 Å². The SMILES string of the molecule is CCc1ccc(CNC(=O)[C@H]2CN(c3cnc(C(=O)O)cn3)CCN2S(=O)(=O)c2ccc(C(C)(C)C)cc2)cc1. The Hall–Kier alpha value is -3.83. The quantitative estimate of drug-likeness (QED) is 0.425. The molecule has 1 aromatic heterocycles. The van der Waals surface area contributed by atoms with Gasteiger partial charge in [0.05, 0.1) is 17.3 Å². The van der Waals surface area contributed by atoms with Gasteiger partial charge in [-0.3, -0.25) is 4.79 Å². The number of nitrogens with one attached hydrogen (secondary N) is 1. The van der Waals surface area contributed by atoms with Crippen molar-refractivity contribution in [3.05, 3.63) is 83.3 Å². The van der Waals surface area contributed by atoms with E-state index in [1.165, 1.54) is 16.1 Å². The molecule has 1 saturated heterocycles. The average molecular weight is 566 g/mol. The van der Waals surface area contributed by atoms with E-state index in [0.29, 0.717) is 5.82 Å². The van der Waals surface area contributed by atoms with Gasteiger partial charge in [0.15, 0.2) is 5.69 Å². The number of carboxylic acids is 1. The smallest absolute Gasteiger partial charge is 0.356 e. The fraction of sp³-hybridized carbons (Fsp3) is 0.379. The number of sulfonamides is 1. The number of rotatable bonds is 8. The molecule has 0 bridgehead atoms. The van der Waals surface area contributed by atoms with Crippen molar-refractivity contribution >= 4 is 27.7 Å². The minimum absolute atomic E-state index is 0.0288. The third-order valence-corrected chi connectivity index (χ3v) is 8.96. The van der Waals surface area contributed by atoms with E-state index < -0.39 is 27.9 Å². The number of aryl methyl sites for hydroxylation is 1. The second-order valence-corrected chi connectivity index (χ2v) is 12.7. The molecule has 2 aromatic carbocycles. The molecule has 0 aliphatic carbocycles. The van der Waals surface area contributed by atoms with Crippen molar-refractivity contribution in [2.75, 3.05) is 24.5 Å². The van der Waals surface area contributed by atoms with Crippen LogP contribution in [0.5, 0.6) is 0 Å². The van der Waals surface area contributed by atoms with Crippen LogP contribution in [0.2, 0.25) is 0 Å². The molecule has 3 aromatic rings. The van der Waals surface area contributed by atoms with Crippen molar-refractivity contribution in [2.45, 2.75) is 57.0 Å². The number of nitrogens with zero attached hydrogens (tertiary/aromatic N) is 4. The highest BCUT2D eigenvalue weighted by molar-refractivity contribution is 7.89. The lowest BCUT2D eigenvalue weighted by molar-refractivity contribution is -0.125. The Kier molecular flexibility index (Phi) is 8.55. The van der Waals surface area contributed by atoms with Crippen LogP contribution in [0.3, 0.4) is 0 Å². The van der Waals surface area contributed by atoms with Gasteiger partial charge < -0.3 is 15.3 Å². The summed E-state index contributed by atoms with van der Waals surface area (Å²) < 4.78 is 28.8. The number of anilines is 1. The first kappa shape index (κ1) is 29.2. The Balaban J connectivity index is 1.60. The molecule has 4 rings (SSSR count). The number of carbonyl (C=O) groups excluding carboxylic acids is 1. The normalized spacial score (nSPS) is 16.5. The van der Waals surface area contributed by atoms with E-state index in [1.54, 1.807) is 29.2 Å². The van der Waals surface area contributed by atoms with E-state index in [1.807, 2.05) is 24.3 Å². The zero-order valence-corrected chi connectivity index (χ0v) is 24.0. The molecule has 0 spiro atoms. The van der Waals surface area contributed by atoms with Crippen LogP contribution in [0, 0.1) is 0 Å². The standard InChI is InChI=1S/C29H35N5O5S/c1-5-20-6-8-21(9-7-20)16-32-27(35)25-19-33(26-18-30-24(17-31-26)28(36)37)14-15-34(25)40(38,39)23-12-10-22(11-13-23)29(2,3)4/h6-13,17-18,25H,5,14-16,19H2,1-4H3,(H,32,35)(H,36,37)/t25-/m1/s1. The number of benzene rings is 2. The van der Waals surface area contributed by atoms with Gasteiger partial charge in [-0.15, -0.1) is 0 Å². The molecule has 212 valence electrons. The second-order valence-electron chi connectivity index (χ2n) is 10.8. The fourth-order valence-corrected chi connectivity index (χ4v) is 6.10. The fourth-order valence-electron chi connectivity index (χ4n) is 4.53. The highest BCUT2D eigenvalue weighted by Gasteiger charge is 2.40. The zero-order chi connectivity index (χ0) is 29.1. The largest absolute Gasteiger partial charge is 0.476 e. The van der Waals surface area contributed by atoms with E-state index >= 15 is 0 Å². The summed E-state index contributed by atoms with van der Waals surface area (Å²) in [7, 11) is -4.00. The number of carbonyl (C=O) groups is 2. The van der Waals surface area contributed by atoms with Gasteiger partial charge in [-0.25, -0.2) is 23.2 Å². The van der Waals surface area contributed by atoms with E-state index in [0.717, 1.165) is 23.7 Å². The highest BCUT2D eigenvalue weighted by Crippen LogP contribution is 2.27. The van der Waals surface area contributed by atoms with Crippen molar-refractivity contribution in [3.8, 4) is 0 Å². The molecule has 40 heavy (non-hydrogen) atoms. The number of aromatic carboxylic acids is 1. The van der Waals surface area contributed by atoms with Gasteiger partial charge in [-0.1, -0.05) is 64.1 Å². The van der Waals surface area contributed by atoms with Crippen molar-refractivity contribution in [2.24, 2.45) is 0 Å². The molecule has 1 fully saturated rings. The maximum Gasteiger partial charge on any atom is 0.356 e. The highest BCUT2D eigenvalue weighted by atomic mass is 32.2. The van der Waals surface area contributed by atoms with Crippen LogP contribution in [0.4, 0.5) is 5.82 Å². The average Bonchev–Trinajstić information content (AvgIpc) is 2.95. The van der Waals surface area contributed by atoms with E-state index in [-0.39, 0.29) is 42.2 Å². The summed E-state index contributed by atoms with van der Waals surface area (Å²) in [6.07, 6.45) is 3.38. The molecule has 2 N–H and O–H groups in total. The molecule has 1 aliphatic rings. The van der Waals surface area contributed by atoms with Crippen LogP contribution < -0.4 is 10.2 Å². The van der Waals surface area contributed by atoms with E-state index in [2.05, 4.69) is 43.0 Å². The minimum atomic E-state index is -4.00. The van der Waals surface area contributed by atoms with Crippen LogP contribution >= 0.6 is 0 Å². The van der Waals surface area contributed by atoms with Gasteiger partial charge in [-0.2, -0.15) is 4.31 Å². The summed E-state index contributed by atoms with van der Waals surface area (Å²) in [5, 5.41) is 12.0. The molecule has 0 saturated carbocycles. The lowest BCUT2D eigenvalue weighted by Crippen LogP contribution is -2.60. The number of hydrogen-bond donors (Lipinski definition) is 2. The Bertz CT molecular complexity index is 1450. The molecule has 2 heterocycles. The van der Waals surface area contributed by atoms with Gasteiger partial charge >= 0.3 is 5.97 Å². The van der Waals surface area contributed by atoms with Crippen LogP contribution in [-0.4, -0.2) is 65.4 Å². The third-order valence-electron chi connectivity index (χ3n) is 7.04. The molecular weight excluding hydrogens is 530 g/mol. The minimum Gasteiger partial charge on any atom is -0.476 e. The Morgan fingerprint density at radius 2 is 1.62 bits per heavy atom. The van der Waals surface area contributed by atoms with Crippen LogP contribution in [0.1, 0.15) is 54.9 Å². The Labute approximate surface area is 235 Å². The maximum absolute atomic E-state index is 13.8. The van der Waals surface area contributed by atoms with Crippen LogP contribution in [0.15, 0.2) is 65.8 Å². The number of amides is 1. The summed E-state index contributed by atoms with van der Waals surface area (Å²) in [4.78, 5) is 34.7. The molecule has 0 radical (unpaired) electrons. The summed E-state index contributed by atoms with van der Waals surface area (Å²) in [6.45, 7) is 8.80. The molecular formula is C29H35N5O5S. The first-order valence-corrected chi connectivity index (χ1v) is 14.6. The molecule has 1 atom stereocenters. The lowest BCUT2D eigenvalue weighted by atomic mass is 9.87. The molecule has 0 unspecified atom stereocenters. The molecule has 10 nitrogen and oxygen atoms in total. The Morgan fingerprint density at radius 3 is 2.17 bits per heavy atom. The monoisotopic (exact) mass is 565 g/mol. The predicted octanol–water partition coefficient (Wildman–Crippen LogP) is 3.23. The molecule has 1 aliphatic heterocycles. The van der Waals surface area contributed by atoms with Gasteiger partial charge in [0.2, 0.25) is 15.9 Å².